The smallest absolute Gasteiger partial charge is 0.343 e. The van der Waals surface area contributed by atoms with Crippen LogP contribution in [0, 0.1) is 0 Å². The molecule has 0 aliphatic carbocycles. The molecule has 0 rings (SSSR count). The fourth-order valence-corrected chi connectivity index (χ4v) is 0.543. The third-order valence-electron chi connectivity index (χ3n) is 1.11. The van der Waals surface area contributed by atoms with Crippen molar-refractivity contribution >= 4 is 11.8 Å². The second kappa shape index (κ2) is 4.62. The summed E-state index contributed by atoms with van der Waals surface area (Å²) in [7, 11) is 2.44. The molecule has 0 aliphatic rings. The summed E-state index contributed by atoms with van der Waals surface area (Å²) in [5, 5.41) is 0. The van der Waals surface area contributed by atoms with Crippen molar-refractivity contribution in [2.24, 2.45) is 0 Å². The van der Waals surface area contributed by atoms with E-state index < -0.39 is 17.9 Å². The van der Waals surface area contributed by atoms with Gasteiger partial charge in [-0.2, -0.15) is 0 Å². The van der Waals surface area contributed by atoms with Crippen molar-refractivity contribution in [3.63, 3.8) is 0 Å². The minimum absolute atomic E-state index is 0.501. The molecule has 0 saturated heterocycles. The maximum atomic E-state index is 10.8. The molecule has 0 heterocycles. The first-order valence-electron chi connectivity index (χ1n) is 2.94. The molecule has 0 amide bonds. The van der Waals surface area contributed by atoms with Crippen molar-refractivity contribution in [3.8, 4) is 0 Å². The first-order chi connectivity index (χ1) is 5.17. The number of carbonyl (C=O) groups excluding carboxylic acids is 2. The SMILES string of the molecule is C=CC(=O)C(OC)C(=O)OC. The first kappa shape index (κ1) is 9.84. The highest BCUT2D eigenvalue weighted by atomic mass is 16.6. The van der Waals surface area contributed by atoms with Crippen LogP contribution >= 0.6 is 0 Å². The first-order valence-corrected chi connectivity index (χ1v) is 2.94. The molecule has 4 nitrogen and oxygen atoms in total. The Hall–Kier alpha value is -1.16. The normalized spacial score (nSPS) is 11.8. The van der Waals surface area contributed by atoms with Crippen molar-refractivity contribution in [1.82, 2.24) is 0 Å². The third kappa shape index (κ3) is 2.51. The number of ketones is 1. The number of carbonyl (C=O) groups is 2. The zero-order valence-corrected chi connectivity index (χ0v) is 6.49. The van der Waals surface area contributed by atoms with E-state index in [9.17, 15) is 9.59 Å². The lowest BCUT2D eigenvalue weighted by molar-refractivity contribution is -0.155. The van der Waals surface area contributed by atoms with Gasteiger partial charge in [-0.1, -0.05) is 6.58 Å². The van der Waals surface area contributed by atoms with E-state index in [-0.39, 0.29) is 0 Å². The molecule has 1 unspecified atom stereocenters. The molecule has 0 aliphatic heterocycles. The highest BCUT2D eigenvalue weighted by Gasteiger charge is 2.24. The monoisotopic (exact) mass is 158 g/mol. The van der Waals surface area contributed by atoms with Gasteiger partial charge >= 0.3 is 5.97 Å². The van der Waals surface area contributed by atoms with Crippen LogP contribution in [0.3, 0.4) is 0 Å². The molecule has 0 saturated carbocycles. The Bertz CT molecular complexity index is 173. The van der Waals surface area contributed by atoms with Gasteiger partial charge in [0.05, 0.1) is 7.11 Å². The van der Waals surface area contributed by atoms with Crippen LogP contribution in [0.1, 0.15) is 0 Å². The largest absolute Gasteiger partial charge is 0.467 e. The molecule has 0 aromatic heterocycles. The lowest BCUT2D eigenvalue weighted by Crippen LogP contribution is -2.31. The standard InChI is InChI=1S/C7H10O4/c1-4-5(8)6(10-2)7(9)11-3/h4,6H,1H2,2-3H3. The second-order valence-corrected chi connectivity index (χ2v) is 1.75. The molecule has 0 radical (unpaired) electrons. The van der Waals surface area contributed by atoms with Crippen LogP contribution in [0.4, 0.5) is 0 Å². The van der Waals surface area contributed by atoms with Gasteiger partial charge in [0, 0.05) is 7.11 Å². The van der Waals surface area contributed by atoms with E-state index in [0.717, 1.165) is 6.08 Å². The molecule has 0 aromatic carbocycles. The molecule has 0 fully saturated rings. The Morgan fingerprint density at radius 3 is 2.27 bits per heavy atom. The molecule has 4 heteroatoms. The van der Waals surface area contributed by atoms with Gasteiger partial charge in [-0.3, -0.25) is 4.79 Å². The zero-order valence-electron chi connectivity index (χ0n) is 6.49. The third-order valence-corrected chi connectivity index (χ3v) is 1.11. The summed E-state index contributed by atoms with van der Waals surface area (Å²) < 4.78 is 8.85. The molecule has 11 heavy (non-hydrogen) atoms. The number of rotatable bonds is 4. The maximum Gasteiger partial charge on any atom is 0.343 e. The Kier molecular flexibility index (Phi) is 4.14. The van der Waals surface area contributed by atoms with Gasteiger partial charge in [0.2, 0.25) is 6.10 Å². The van der Waals surface area contributed by atoms with Crippen molar-refractivity contribution in [1.29, 1.82) is 0 Å². The predicted molar refractivity (Wildman–Crippen MR) is 38.0 cm³/mol. The molecule has 62 valence electrons. The average Bonchev–Trinajstić information content (AvgIpc) is 2.05. The summed E-state index contributed by atoms with van der Waals surface area (Å²) in [5.74, 6) is -1.21. The highest BCUT2D eigenvalue weighted by molar-refractivity contribution is 6.07. The lowest BCUT2D eigenvalue weighted by atomic mass is 10.2. The quantitative estimate of drug-likeness (QED) is 0.326. The fourth-order valence-electron chi connectivity index (χ4n) is 0.543. The van der Waals surface area contributed by atoms with Gasteiger partial charge in [0.1, 0.15) is 0 Å². The van der Waals surface area contributed by atoms with Gasteiger partial charge in [0.15, 0.2) is 5.78 Å². The van der Waals surface area contributed by atoms with Crippen molar-refractivity contribution in [3.05, 3.63) is 12.7 Å². The van der Waals surface area contributed by atoms with E-state index in [4.69, 9.17) is 0 Å². The van der Waals surface area contributed by atoms with E-state index in [2.05, 4.69) is 16.1 Å². The van der Waals surface area contributed by atoms with Gasteiger partial charge in [-0.05, 0) is 6.08 Å². The van der Waals surface area contributed by atoms with Crippen LogP contribution in [-0.4, -0.2) is 32.1 Å². The summed E-state index contributed by atoms with van der Waals surface area (Å²) in [6.07, 6.45) is -0.150. The molecule has 1 atom stereocenters. The summed E-state index contributed by atoms with van der Waals surface area (Å²) in [6, 6.07) is 0. The van der Waals surface area contributed by atoms with E-state index in [1.165, 1.54) is 14.2 Å². The van der Waals surface area contributed by atoms with Crippen LogP contribution in [0.2, 0.25) is 0 Å². The number of ether oxygens (including phenoxy) is 2. The molecule has 0 spiro atoms. The van der Waals surface area contributed by atoms with Crippen molar-refractivity contribution < 1.29 is 19.1 Å². The predicted octanol–water partition coefficient (Wildman–Crippen LogP) is -0.0705. The maximum absolute atomic E-state index is 10.8. The van der Waals surface area contributed by atoms with Gasteiger partial charge in [-0.15, -0.1) is 0 Å². The van der Waals surface area contributed by atoms with E-state index in [1.54, 1.807) is 0 Å². The summed E-state index contributed by atoms with van der Waals surface area (Å²) in [6.45, 7) is 3.21. The molecule has 0 aromatic rings. The minimum atomic E-state index is -1.17. The summed E-state index contributed by atoms with van der Waals surface area (Å²) in [4.78, 5) is 21.5. The summed E-state index contributed by atoms with van der Waals surface area (Å²) >= 11 is 0. The van der Waals surface area contributed by atoms with Crippen LogP contribution in [0.5, 0.6) is 0 Å². The molecular weight excluding hydrogens is 148 g/mol. The van der Waals surface area contributed by atoms with Crippen molar-refractivity contribution in [2.75, 3.05) is 14.2 Å². The Labute approximate surface area is 64.8 Å². The second-order valence-electron chi connectivity index (χ2n) is 1.75. The highest BCUT2D eigenvalue weighted by Crippen LogP contribution is 1.95. The van der Waals surface area contributed by atoms with Gasteiger partial charge in [-0.25, -0.2) is 4.79 Å². The number of hydrogen-bond acceptors (Lipinski definition) is 4. The average molecular weight is 158 g/mol. The Morgan fingerprint density at radius 1 is 1.45 bits per heavy atom. The van der Waals surface area contributed by atoms with Gasteiger partial charge < -0.3 is 9.47 Å². The number of methoxy groups -OCH3 is 2. The number of hydrogen-bond donors (Lipinski definition) is 0. The Balaban J connectivity index is 4.27. The molecule has 0 N–H and O–H groups in total. The topological polar surface area (TPSA) is 52.6 Å². The molecular formula is C7H10O4. The van der Waals surface area contributed by atoms with E-state index in [0.29, 0.717) is 0 Å². The number of esters is 1. The Morgan fingerprint density at radius 2 is 2.00 bits per heavy atom. The zero-order chi connectivity index (χ0) is 8.85. The van der Waals surface area contributed by atoms with Crippen LogP contribution < -0.4 is 0 Å². The van der Waals surface area contributed by atoms with Crippen LogP contribution in [0.15, 0.2) is 12.7 Å². The van der Waals surface area contributed by atoms with E-state index >= 15 is 0 Å². The fraction of sp³-hybridized carbons (Fsp3) is 0.429. The van der Waals surface area contributed by atoms with E-state index in [1.807, 2.05) is 0 Å². The van der Waals surface area contributed by atoms with Crippen LogP contribution in [0.25, 0.3) is 0 Å². The summed E-state index contributed by atoms with van der Waals surface area (Å²) in [5.41, 5.74) is 0. The van der Waals surface area contributed by atoms with Gasteiger partial charge in [0.25, 0.3) is 0 Å². The minimum Gasteiger partial charge on any atom is -0.467 e. The molecule has 0 bridgehead atoms. The van der Waals surface area contributed by atoms with Crippen molar-refractivity contribution in [2.45, 2.75) is 6.10 Å². The van der Waals surface area contributed by atoms with Crippen LogP contribution in [-0.2, 0) is 19.1 Å². The lowest BCUT2D eigenvalue weighted by Gasteiger charge is -2.07.